The Bertz CT molecular complexity index is 889. The molecule has 0 spiro atoms. The Balaban J connectivity index is 2.32. The van der Waals surface area contributed by atoms with Crippen LogP contribution in [0, 0.1) is 0 Å². The first-order chi connectivity index (χ1) is 11.9. The number of fused-ring (bicyclic) bond motifs is 1. The van der Waals surface area contributed by atoms with Crippen LogP contribution in [0.4, 0.5) is 0 Å². The highest BCUT2D eigenvalue weighted by Crippen LogP contribution is 2.66. The lowest BCUT2D eigenvalue weighted by molar-refractivity contribution is -0.134. The minimum atomic E-state index is -3.75. The van der Waals surface area contributed by atoms with E-state index in [1.165, 1.54) is 6.92 Å². The third kappa shape index (κ3) is 3.49. The van der Waals surface area contributed by atoms with E-state index in [0.29, 0.717) is 21.9 Å². The molecule has 1 heterocycles. The average molecular weight is 379 g/mol. The quantitative estimate of drug-likeness (QED) is 0.530. The van der Waals surface area contributed by atoms with Crippen molar-refractivity contribution in [2.45, 2.75) is 13.8 Å². The summed E-state index contributed by atoms with van der Waals surface area (Å²) in [4.78, 5) is 11.7. The van der Waals surface area contributed by atoms with Crippen molar-refractivity contribution in [3.05, 3.63) is 64.7 Å². The maximum atomic E-state index is 13.5. The fourth-order valence-corrected chi connectivity index (χ4v) is 4.60. The van der Waals surface area contributed by atoms with E-state index >= 15 is 0 Å². The predicted octanol–water partition coefficient (Wildman–Crippen LogP) is 5.35. The molecule has 1 aliphatic rings. The van der Waals surface area contributed by atoms with Crippen molar-refractivity contribution in [1.82, 2.24) is 0 Å². The van der Waals surface area contributed by atoms with Gasteiger partial charge in [0.1, 0.15) is 11.1 Å². The number of carbonyl (C=O) groups excluding carboxylic acids is 1. The Labute approximate surface area is 150 Å². The molecule has 1 atom stereocenters. The third-order valence-electron chi connectivity index (χ3n) is 3.50. The van der Waals surface area contributed by atoms with E-state index in [2.05, 4.69) is 0 Å². The second-order valence-electron chi connectivity index (χ2n) is 5.28. The van der Waals surface area contributed by atoms with E-state index in [4.69, 9.17) is 25.4 Å². The molecule has 1 unspecified atom stereocenters. The van der Waals surface area contributed by atoms with Gasteiger partial charge in [0.05, 0.1) is 12.2 Å². The van der Waals surface area contributed by atoms with Crippen molar-refractivity contribution in [2.75, 3.05) is 6.61 Å². The molecule has 0 saturated heterocycles. The Morgan fingerprint density at radius 3 is 2.48 bits per heavy atom. The zero-order chi connectivity index (χ0) is 18.0. The molecular formula is C18H16ClO5P. The summed E-state index contributed by atoms with van der Waals surface area (Å²) in [5, 5.41) is 0.738. The molecule has 0 amide bonds. The summed E-state index contributed by atoms with van der Waals surface area (Å²) in [5.74, 6) is -0.0112. The molecule has 5 nitrogen and oxygen atoms in total. The summed E-state index contributed by atoms with van der Waals surface area (Å²) < 4.78 is 30.1. The van der Waals surface area contributed by atoms with Crippen molar-refractivity contribution in [3.8, 4) is 5.75 Å². The highest BCUT2D eigenvalue weighted by molar-refractivity contribution is 7.66. The Morgan fingerprint density at radius 1 is 1.16 bits per heavy atom. The number of carbonyl (C=O) groups is 1. The maximum Gasteiger partial charge on any atom is 0.415 e. The van der Waals surface area contributed by atoms with E-state index < -0.39 is 13.6 Å². The SMILES string of the molecule is CCOP1(=O)Oc2ccccc2C(OC(C)=O)=C1c1ccc(Cl)cc1. The maximum absolute atomic E-state index is 13.5. The number of hydrogen-bond acceptors (Lipinski definition) is 5. The average Bonchev–Trinajstić information content (AvgIpc) is 2.56. The van der Waals surface area contributed by atoms with E-state index in [0.717, 1.165) is 0 Å². The number of rotatable bonds is 4. The van der Waals surface area contributed by atoms with Gasteiger partial charge in [-0.3, -0.25) is 9.32 Å². The normalized spacial score (nSPS) is 19.2. The molecule has 0 fully saturated rings. The van der Waals surface area contributed by atoms with Gasteiger partial charge < -0.3 is 9.26 Å². The van der Waals surface area contributed by atoms with Crippen LogP contribution in [-0.4, -0.2) is 12.6 Å². The van der Waals surface area contributed by atoms with Crippen LogP contribution in [0.5, 0.6) is 5.75 Å². The molecule has 2 aromatic carbocycles. The van der Waals surface area contributed by atoms with Gasteiger partial charge in [-0.1, -0.05) is 35.9 Å². The Kier molecular flexibility index (Phi) is 5.00. The largest absolute Gasteiger partial charge is 0.425 e. The van der Waals surface area contributed by atoms with E-state index in [1.807, 2.05) is 0 Å². The van der Waals surface area contributed by atoms with E-state index in [1.54, 1.807) is 55.5 Å². The first-order valence-corrected chi connectivity index (χ1v) is 9.59. The molecule has 130 valence electrons. The van der Waals surface area contributed by atoms with Crippen LogP contribution in [-0.2, 0) is 18.6 Å². The molecule has 2 aromatic rings. The summed E-state index contributed by atoms with van der Waals surface area (Å²) in [5.41, 5.74) is 1.08. The summed E-state index contributed by atoms with van der Waals surface area (Å²) in [6.07, 6.45) is 0. The highest BCUT2D eigenvalue weighted by Gasteiger charge is 2.42. The lowest BCUT2D eigenvalue weighted by atomic mass is 10.1. The second kappa shape index (κ2) is 7.04. The van der Waals surface area contributed by atoms with Crippen LogP contribution in [0.3, 0.4) is 0 Å². The van der Waals surface area contributed by atoms with Crippen molar-refractivity contribution >= 4 is 36.2 Å². The topological polar surface area (TPSA) is 61.8 Å². The molecule has 0 N–H and O–H groups in total. The monoisotopic (exact) mass is 378 g/mol. The number of hydrogen-bond donors (Lipinski definition) is 0. The summed E-state index contributed by atoms with van der Waals surface area (Å²) in [6.45, 7) is 3.18. The molecule has 7 heteroatoms. The van der Waals surface area contributed by atoms with Crippen molar-refractivity contribution < 1.29 is 23.1 Å². The second-order valence-corrected chi connectivity index (χ2v) is 7.60. The fraction of sp³-hybridized carbons (Fsp3) is 0.167. The first-order valence-electron chi connectivity index (χ1n) is 7.67. The molecule has 0 radical (unpaired) electrons. The van der Waals surface area contributed by atoms with Gasteiger partial charge >= 0.3 is 13.6 Å². The first kappa shape index (κ1) is 17.7. The number of ether oxygens (including phenoxy) is 1. The van der Waals surface area contributed by atoms with Gasteiger partial charge in [0.15, 0.2) is 5.76 Å². The van der Waals surface area contributed by atoms with Crippen LogP contribution < -0.4 is 4.52 Å². The number of benzene rings is 2. The number of para-hydroxylation sites is 1. The van der Waals surface area contributed by atoms with Crippen LogP contribution in [0.1, 0.15) is 25.0 Å². The Morgan fingerprint density at radius 2 is 1.84 bits per heavy atom. The van der Waals surface area contributed by atoms with Gasteiger partial charge in [-0.15, -0.1) is 0 Å². The zero-order valence-electron chi connectivity index (χ0n) is 13.7. The van der Waals surface area contributed by atoms with Gasteiger partial charge in [0.25, 0.3) is 0 Å². The lowest BCUT2D eigenvalue weighted by Gasteiger charge is -2.29. The molecule has 3 rings (SSSR count). The Hall–Kier alpha value is -2.07. The van der Waals surface area contributed by atoms with Crippen LogP contribution in [0.2, 0.25) is 5.02 Å². The van der Waals surface area contributed by atoms with Crippen molar-refractivity contribution in [1.29, 1.82) is 0 Å². The van der Waals surface area contributed by atoms with E-state index in [9.17, 15) is 9.36 Å². The van der Waals surface area contributed by atoms with Crippen molar-refractivity contribution in [3.63, 3.8) is 0 Å². The summed E-state index contributed by atoms with van der Waals surface area (Å²) in [7, 11) is -3.75. The van der Waals surface area contributed by atoms with Crippen LogP contribution in [0.25, 0.3) is 11.1 Å². The predicted molar refractivity (Wildman–Crippen MR) is 96.3 cm³/mol. The number of esters is 1. The highest BCUT2D eigenvalue weighted by atomic mass is 35.5. The fourth-order valence-electron chi connectivity index (χ4n) is 2.57. The summed E-state index contributed by atoms with van der Waals surface area (Å²) in [6, 6.07) is 13.6. The minimum absolute atomic E-state index is 0.171. The zero-order valence-corrected chi connectivity index (χ0v) is 15.3. The van der Waals surface area contributed by atoms with Gasteiger partial charge in [-0.2, -0.15) is 0 Å². The van der Waals surface area contributed by atoms with Crippen LogP contribution in [0.15, 0.2) is 48.5 Å². The van der Waals surface area contributed by atoms with Gasteiger partial charge in [0.2, 0.25) is 0 Å². The van der Waals surface area contributed by atoms with Gasteiger partial charge in [0, 0.05) is 11.9 Å². The molecule has 0 aromatic heterocycles. The molecule has 0 bridgehead atoms. The molecule has 25 heavy (non-hydrogen) atoms. The van der Waals surface area contributed by atoms with Gasteiger partial charge in [-0.05, 0) is 36.8 Å². The number of halogens is 1. The molecule has 1 aliphatic heterocycles. The van der Waals surface area contributed by atoms with Crippen LogP contribution >= 0.6 is 19.2 Å². The molecular weight excluding hydrogens is 363 g/mol. The summed E-state index contributed by atoms with van der Waals surface area (Å²) >= 11 is 5.95. The van der Waals surface area contributed by atoms with Gasteiger partial charge in [-0.25, -0.2) is 4.57 Å². The van der Waals surface area contributed by atoms with E-state index in [-0.39, 0.29) is 17.7 Å². The molecule has 0 saturated carbocycles. The van der Waals surface area contributed by atoms with Crippen molar-refractivity contribution in [2.24, 2.45) is 0 Å². The third-order valence-corrected chi connectivity index (χ3v) is 5.80. The standard InChI is InChI=1S/C18H16ClO5P/c1-3-22-25(21)18(13-8-10-14(19)11-9-13)17(23-12(2)20)15-6-4-5-7-16(15)24-25/h4-11H,3H2,1-2H3. The molecule has 0 aliphatic carbocycles. The smallest absolute Gasteiger partial charge is 0.415 e. The lowest BCUT2D eigenvalue weighted by Crippen LogP contribution is -2.12. The minimum Gasteiger partial charge on any atom is -0.425 e.